The number of rotatable bonds is 3. The van der Waals surface area contributed by atoms with E-state index in [1.54, 1.807) is 12.4 Å². The second-order valence-corrected chi connectivity index (χ2v) is 5.56. The number of carbonyl (C=O) groups excluding carboxylic acids is 1. The normalized spacial score (nSPS) is 19.7. The molecule has 2 heterocycles. The number of amides is 1. The molecule has 1 aliphatic rings. The first kappa shape index (κ1) is 13.8. The predicted octanol–water partition coefficient (Wildman–Crippen LogP) is 1.41. The molecule has 5 nitrogen and oxygen atoms in total. The van der Waals surface area contributed by atoms with Crippen molar-refractivity contribution in [3.8, 4) is 0 Å². The van der Waals surface area contributed by atoms with Gasteiger partial charge in [-0.1, -0.05) is 30.3 Å². The number of carbonyl (C=O) groups is 1. The summed E-state index contributed by atoms with van der Waals surface area (Å²) in [7, 11) is 2.13. The van der Waals surface area contributed by atoms with E-state index in [9.17, 15) is 4.79 Å². The van der Waals surface area contributed by atoms with Gasteiger partial charge >= 0.3 is 0 Å². The first-order valence-electron chi connectivity index (χ1n) is 7.26. The second kappa shape index (κ2) is 6.10. The number of hydrogen-bond acceptors (Lipinski definition) is 3. The number of piperazine rings is 1. The maximum atomic E-state index is 12.4. The van der Waals surface area contributed by atoms with Gasteiger partial charge in [0.25, 0.3) is 5.91 Å². The molecule has 1 amide bonds. The van der Waals surface area contributed by atoms with Gasteiger partial charge in [0, 0.05) is 31.9 Å². The van der Waals surface area contributed by atoms with Crippen LogP contribution in [0.2, 0.25) is 0 Å². The van der Waals surface area contributed by atoms with Crippen LogP contribution in [0, 0.1) is 0 Å². The summed E-state index contributed by atoms with van der Waals surface area (Å²) >= 11 is 0. The molecule has 1 N–H and O–H groups in total. The Hall–Kier alpha value is -2.14. The van der Waals surface area contributed by atoms with Crippen molar-refractivity contribution in [2.75, 3.05) is 26.7 Å². The standard InChI is InChI=1S/C16H20N4O/c1-19-7-8-20(16(21)14-10-17-18-11-14)12-15(19)9-13-5-3-2-4-6-13/h2-6,10-11,15H,7-9,12H2,1H3,(H,17,18). The van der Waals surface area contributed by atoms with Crippen LogP contribution in [-0.4, -0.2) is 58.6 Å². The van der Waals surface area contributed by atoms with Crippen LogP contribution in [0.5, 0.6) is 0 Å². The average molecular weight is 284 g/mol. The van der Waals surface area contributed by atoms with Gasteiger partial charge in [0.05, 0.1) is 11.8 Å². The number of nitrogens with zero attached hydrogens (tertiary/aromatic N) is 3. The van der Waals surface area contributed by atoms with Crippen molar-refractivity contribution >= 4 is 5.91 Å². The molecule has 1 aliphatic heterocycles. The van der Waals surface area contributed by atoms with Crippen molar-refractivity contribution < 1.29 is 4.79 Å². The number of aromatic nitrogens is 2. The summed E-state index contributed by atoms with van der Waals surface area (Å²) in [6.45, 7) is 2.43. The molecule has 3 rings (SSSR count). The molecule has 0 aliphatic carbocycles. The summed E-state index contributed by atoms with van der Waals surface area (Å²) in [6.07, 6.45) is 4.21. The first-order valence-corrected chi connectivity index (χ1v) is 7.26. The fraction of sp³-hybridized carbons (Fsp3) is 0.375. The lowest BCUT2D eigenvalue weighted by atomic mass is 10.0. The van der Waals surface area contributed by atoms with Crippen molar-refractivity contribution in [3.05, 3.63) is 53.9 Å². The zero-order chi connectivity index (χ0) is 14.7. The molecule has 0 bridgehead atoms. The van der Waals surface area contributed by atoms with E-state index >= 15 is 0 Å². The van der Waals surface area contributed by atoms with Crippen LogP contribution in [0.25, 0.3) is 0 Å². The van der Waals surface area contributed by atoms with Gasteiger partial charge in [-0.25, -0.2) is 0 Å². The van der Waals surface area contributed by atoms with Gasteiger partial charge in [-0.3, -0.25) is 14.8 Å². The van der Waals surface area contributed by atoms with Crippen LogP contribution in [0.4, 0.5) is 0 Å². The van der Waals surface area contributed by atoms with Crippen LogP contribution in [0.15, 0.2) is 42.7 Å². The predicted molar refractivity (Wildman–Crippen MR) is 81.1 cm³/mol. The third-order valence-corrected chi connectivity index (χ3v) is 4.12. The van der Waals surface area contributed by atoms with E-state index in [-0.39, 0.29) is 5.91 Å². The van der Waals surface area contributed by atoms with Crippen LogP contribution >= 0.6 is 0 Å². The van der Waals surface area contributed by atoms with E-state index in [4.69, 9.17) is 0 Å². The van der Waals surface area contributed by atoms with Crippen LogP contribution in [0.3, 0.4) is 0 Å². The molecule has 1 saturated heterocycles. The smallest absolute Gasteiger partial charge is 0.257 e. The summed E-state index contributed by atoms with van der Waals surface area (Å²) < 4.78 is 0. The highest BCUT2D eigenvalue weighted by Gasteiger charge is 2.28. The Kier molecular flexibility index (Phi) is 4.01. The van der Waals surface area contributed by atoms with Gasteiger partial charge in [-0.15, -0.1) is 0 Å². The van der Waals surface area contributed by atoms with E-state index < -0.39 is 0 Å². The summed E-state index contributed by atoms with van der Waals surface area (Å²) in [5.41, 5.74) is 1.95. The first-order chi connectivity index (χ1) is 10.2. The van der Waals surface area contributed by atoms with E-state index in [1.165, 1.54) is 5.56 Å². The summed E-state index contributed by atoms with van der Waals surface area (Å²) in [5, 5.41) is 6.56. The van der Waals surface area contributed by atoms with Crippen LogP contribution in [0.1, 0.15) is 15.9 Å². The van der Waals surface area contributed by atoms with E-state index in [2.05, 4.69) is 46.4 Å². The monoisotopic (exact) mass is 284 g/mol. The quantitative estimate of drug-likeness (QED) is 0.927. The molecular weight excluding hydrogens is 264 g/mol. The fourth-order valence-corrected chi connectivity index (χ4v) is 2.79. The maximum absolute atomic E-state index is 12.4. The molecule has 0 spiro atoms. The van der Waals surface area contributed by atoms with Crippen molar-refractivity contribution in [2.45, 2.75) is 12.5 Å². The molecular formula is C16H20N4O. The van der Waals surface area contributed by atoms with E-state index in [0.717, 1.165) is 26.1 Å². The molecule has 0 radical (unpaired) electrons. The molecule has 1 atom stereocenters. The Morgan fingerprint density at radius 1 is 1.33 bits per heavy atom. The van der Waals surface area contributed by atoms with Gasteiger partial charge in [0.15, 0.2) is 0 Å². The third-order valence-electron chi connectivity index (χ3n) is 4.12. The minimum atomic E-state index is 0.0647. The third kappa shape index (κ3) is 3.13. The number of aromatic amines is 1. The number of likely N-dealkylation sites (N-methyl/N-ethyl adjacent to an activating group) is 1. The van der Waals surface area contributed by atoms with Gasteiger partial charge in [0.1, 0.15) is 0 Å². The Labute approximate surface area is 124 Å². The van der Waals surface area contributed by atoms with Crippen LogP contribution < -0.4 is 0 Å². The lowest BCUT2D eigenvalue weighted by Gasteiger charge is -2.39. The van der Waals surface area contributed by atoms with Gasteiger partial charge < -0.3 is 4.90 Å². The van der Waals surface area contributed by atoms with Crippen LogP contribution in [-0.2, 0) is 6.42 Å². The van der Waals surface area contributed by atoms with Crippen molar-refractivity contribution in [2.24, 2.45) is 0 Å². The Morgan fingerprint density at radius 2 is 2.14 bits per heavy atom. The molecule has 1 unspecified atom stereocenters. The zero-order valence-corrected chi connectivity index (χ0v) is 12.2. The van der Waals surface area contributed by atoms with Crippen molar-refractivity contribution in [1.82, 2.24) is 20.0 Å². The fourth-order valence-electron chi connectivity index (χ4n) is 2.79. The highest BCUT2D eigenvalue weighted by molar-refractivity contribution is 5.93. The highest BCUT2D eigenvalue weighted by Crippen LogP contribution is 2.15. The molecule has 1 aromatic heterocycles. The van der Waals surface area contributed by atoms with Crippen molar-refractivity contribution in [1.29, 1.82) is 0 Å². The van der Waals surface area contributed by atoms with Gasteiger partial charge in [-0.2, -0.15) is 5.10 Å². The Morgan fingerprint density at radius 3 is 2.86 bits per heavy atom. The second-order valence-electron chi connectivity index (χ2n) is 5.56. The molecule has 5 heteroatoms. The molecule has 110 valence electrons. The number of hydrogen-bond donors (Lipinski definition) is 1. The SMILES string of the molecule is CN1CCN(C(=O)c2cn[nH]c2)CC1Cc1ccccc1. The lowest BCUT2D eigenvalue weighted by Crippen LogP contribution is -2.54. The Balaban J connectivity index is 1.68. The van der Waals surface area contributed by atoms with E-state index in [1.807, 2.05) is 11.0 Å². The maximum Gasteiger partial charge on any atom is 0.257 e. The topological polar surface area (TPSA) is 52.2 Å². The largest absolute Gasteiger partial charge is 0.336 e. The zero-order valence-electron chi connectivity index (χ0n) is 12.2. The lowest BCUT2D eigenvalue weighted by molar-refractivity contribution is 0.0547. The molecule has 1 fully saturated rings. The number of H-pyrrole nitrogens is 1. The molecule has 2 aromatic rings. The Bertz CT molecular complexity index is 582. The summed E-state index contributed by atoms with van der Waals surface area (Å²) in [5.74, 6) is 0.0647. The minimum absolute atomic E-state index is 0.0647. The summed E-state index contributed by atoms with van der Waals surface area (Å²) in [6, 6.07) is 10.8. The minimum Gasteiger partial charge on any atom is -0.336 e. The average Bonchev–Trinajstić information content (AvgIpc) is 3.04. The number of nitrogens with one attached hydrogen (secondary N) is 1. The van der Waals surface area contributed by atoms with Gasteiger partial charge in [0.2, 0.25) is 0 Å². The molecule has 0 saturated carbocycles. The highest BCUT2D eigenvalue weighted by atomic mass is 16.2. The van der Waals surface area contributed by atoms with Gasteiger partial charge in [-0.05, 0) is 19.0 Å². The number of benzene rings is 1. The molecule has 1 aromatic carbocycles. The summed E-state index contributed by atoms with van der Waals surface area (Å²) in [4.78, 5) is 16.7. The molecule has 21 heavy (non-hydrogen) atoms. The van der Waals surface area contributed by atoms with Crippen molar-refractivity contribution in [3.63, 3.8) is 0 Å². The van der Waals surface area contributed by atoms with E-state index in [0.29, 0.717) is 11.6 Å².